The van der Waals surface area contributed by atoms with Crippen molar-refractivity contribution in [2.75, 3.05) is 0 Å². The largest absolute Gasteiger partial charge is 0.0921 e. The zero-order valence-electron chi connectivity index (χ0n) is 19.5. The van der Waals surface area contributed by atoms with Gasteiger partial charge in [-0.3, -0.25) is 0 Å². The second kappa shape index (κ2) is 9.20. The van der Waals surface area contributed by atoms with Crippen molar-refractivity contribution in [3.8, 4) is 0 Å². The first-order valence-corrected chi connectivity index (χ1v) is 14.1. The Labute approximate surface area is 182 Å². The highest BCUT2D eigenvalue weighted by molar-refractivity contribution is 7.73. The van der Waals surface area contributed by atoms with Gasteiger partial charge in [0.25, 0.3) is 0 Å². The first-order chi connectivity index (χ1) is 13.6. The van der Waals surface area contributed by atoms with Crippen molar-refractivity contribution < 1.29 is 0 Å². The summed E-state index contributed by atoms with van der Waals surface area (Å²) in [4.78, 5) is 0. The maximum Gasteiger partial charge on any atom is -0.0123 e. The van der Waals surface area contributed by atoms with Crippen LogP contribution < -0.4 is 10.6 Å². The van der Waals surface area contributed by atoms with Crippen molar-refractivity contribution in [2.45, 2.75) is 89.4 Å². The van der Waals surface area contributed by atoms with Gasteiger partial charge in [-0.1, -0.05) is 123 Å². The molecular formula is C27H40P2. The van der Waals surface area contributed by atoms with Gasteiger partial charge in [-0.2, -0.15) is 0 Å². The summed E-state index contributed by atoms with van der Waals surface area (Å²) in [6.45, 7) is 17.6. The molecule has 2 heteroatoms. The third-order valence-corrected chi connectivity index (χ3v) is 13.5. The molecule has 2 aromatic carbocycles. The van der Waals surface area contributed by atoms with Gasteiger partial charge in [-0.25, -0.2) is 0 Å². The van der Waals surface area contributed by atoms with E-state index in [0.29, 0.717) is 10.3 Å². The summed E-state index contributed by atoms with van der Waals surface area (Å²) in [6, 6.07) is 22.7. The summed E-state index contributed by atoms with van der Waals surface area (Å²) < 4.78 is 0. The highest BCUT2D eigenvalue weighted by Gasteiger charge is 2.47. The Bertz CT molecular complexity index is 701. The standard InChI is InChI=1S/C27H40P2/c1-21(24-19-14-20-25(24)29(26(2,3)4)27(5,6)7)28(22-15-10-8-11-16-22)23-17-12-9-13-18-23/h8-13,15-18,21,24-25H,14,19-20H2,1-7H3/t21-,24+,25+/m1/s1. The van der Waals surface area contributed by atoms with Crippen LogP contribution in [0.2, 0.25) is 0 Å². The molecule has 0 nitrogen and oxygen atoms in total. The molecule has 0 saturated heterocycles. The molecule has 0 amide bonds. The van der Waals surface area contributed by atoms with Gasteiger partial charge in [-0.05, 0) is 58.9 Å². The molecule has 1 fully saturated rings. The monoisotopic (exact) mass is 426 g/mol. The van der Waals surface area contributed by atoms with Gasteiger partial charge in [-0.15, -0.1) is 0 Å². The van der Waals surface area contributed by atoms with E-state index in [2.05, 4.69) is 109 Å². The predicted octanol–water partition coefficient (Wildman–Crippen LogP) is 7.76. The summed E-state index contributed by atoms with van der Waals surface area (Å²) in [5.74, 6) is 0.839. The predicted molar refractivity (Wildman–Crippen MR) is 136 cm³/mol. The second-order valence-corrected chi connectivity index (χ2v) is 17.3. The third-order valence-electron chi connectivity index (χ3n) is 6.40. The quantitative estimate of drug-likeness (QED) is 0.429. The zero-order valence-corrected chi connectivity index (χ0v) is 21.3. The highest BCUT2D eigenvalue weighted by atomic mass is 31.1. The van der Waals surface area contributed by atoms with E-state index in [-0.39, 0.29) is 15.8 Å². The summed E-state index contributed by atoms with van der Waals surface area (Å²) in [7, 11) is -0.404. The van der Waals surface area contributed by atoms with Crippen molar-refractivity contribution in [3.05, 3.63) is 60.7 Å². The topological polar surface area (TPSA) is 0 Å². The molecule has 0 aromatic heterocycles. The lowest BCUT2D eigenvalue weighted by Gasteiger charge is -2.49. The Morgan fingerprint density at radius 3 is 1.59 bits per heavy atom. The van der Waals surface area contributed by atoms with Gasteiger partial charge < -0.3 is 0 Å². The van der Waals surface area contributed by atoms with Crippen LogP contribution in [0, 0.1) is 5.92 Å². The summed E-state index contributed by atoms with van der Waals surface area (Å²) in [5.41, 5.74) is 1.61. The van der Waals surface area contributed by atoms with Crippen LogP contribution in [-0.4, -0.2) is 21.6 Å². The summed E-state index contributed by atoms with van der Waals surface area (Å²) in [6.07, 6.45) is 4.26. The fourth-order valence-corrected chi connectivity index (χ4v) is 14.2. The molecule has 1 aliphatic carbocycles. The molecule has 3 rings (SSSR count). The molecule has 158 valence electrons. The van der Waals surface area contributed by atoms with E-state index >= 15 is 0 Å². The van der Waals surface area contributed by atoms with Crippen LogP contribution in [0.25, 0.3) is 0 Å². The van der Waals surface area contributed by atoms with Crippen LogP contribution in [0.1, 0.15) is 67.7 Å². The number of rotatable bonds is 5. The molecule has 0 N–H and O–H groups in total. The molecule has 0 aliphatic heterocycles. The SMILES string of the molecule is C[C@H]([C@@H]1CCC[C@@H]1P(C(C)(C)C)C(C)(C)C)P(c1ccccc1)c1ccccc1. The smallest absolute Gasteiger partial charge is 0.0123 e. The van der Waals surface area contributed by atoms with Gasteiger partial charge >= 0.3 is 0 Å². The lowest BCUT2D eigenvalue weighted by Crippen LogP contribution is -2.37. The van der Waals surface area contributed by atoms with Crippen LogP contribution >= 0.6 is 15.8 Å². The van der Waals surface area contributed by atoms with Gasteiger partial charge in [0.2, 0.25) is 0 Å². The van der Waals surface area contributed by atoms with Crippen LogP contribution in [0.4, 0.5) is 0 Å². The van der Waals surface area contributed by atoms with E-state index < -0.39 is 0 Å². The van der Waals surface area contributed by atoms with Gasteiger partial charge in [0.1, 0.15) is 0 Å². The van der Waals surface area contributed by atoms with Gasteiger partial charge in [0, 0.05) is 0 Å². The molecular weight excluding hydrogens is 386 g/mol. The molecule has 3 atom stereocenters. The van der Waals surface area contributed by atoms with Crippen LogP contribution in [0.3, 0.4) is 0 Å². The fourth-order valence-electron chi connectivity index (χ4n) is 5.84. The van der Waals surface area contributed by atoms with Crippen molar-refractivity contribution >= 4 is 26.5 Å². The van der Waals surface area contributed by atoms with Crippen LogP contribution in [0.15, 0.2) is 60.7 Å². The lowest BCUT2D eigenvalue weighted by atomic mass is 10.0. The summed E-state index contributed by atoms with van der Waals surface area (Å²) in [5, 5.41) is 3.90. The fraction of sp³-hybridized carbons (Fsp3) is 0.556. The Hall–Kier alpha value is -0.700. The average Bonchev–Trinajstić information content (AvgIpc) is 3.10. The Morgan fingerprint density at radius 2 is 1.17 bits per heavy atom. The van der Waals surface area contributed by atoms with E-state index in [1.807, 2.05) is 0 Å². The molecule has 0 spiro atoms. The third kappa shape index (κ3) is 5.32. The van der Waals surface area contributed by atoms with Gasteiger partial charge in [0.15, 0.2) is 0 Å². The van der Waals surface area contributed by atoms with Crippen molar-refractivity contribution in [1.82, 2.24) is 0 Å². The van der Waals surface area contributed by atoms with Crippen LogP contribution in [-0.2, 0) is 0 Å². The van der Waals surface area contributed by atoms with Crippen molar-refractivity contribution in [2.24, 2.45) is 5.92 Å². The van der Waals surface area contributed by atoms with E-state index in [4.69, 9.17) is 0 Å². The van der Waals surface area contributed by atoms with Crippen molar-refractivity contribution in [3.63, 3.8) is 0 Å². The number of hydrogen-bond acceptors (Lipinski definition) is 0. The normalized spacial score (nSPS) is 21.7. The van der Waals surface area contributed by atoms with Gasteiger partial charge in [0.05, 0.1) is 0 Å². The minimum Gasteiger partial charge on any atom is -0.0921 e. The molecule has 0 radical (unpaired) electrons. The number of hydrogen-bond donors (Lipinski definition) is 0. The maximum absolute atomic E-state index is 2.58. The Morgan fingerprint density at radius 1 is 0.724 bits per heavy atom. The minimum absolute atomic E-state index is 0.0678. The molecule has 0 heterocycles. The Balaban J connectivity index is 2.00. The first kappa shape index (κ1) is 23.0. The number of benzene rings is 2. The highest BCUT2D eigenvalue weighted by Crippen LogP contribution is 2.68. The second-order valence-electron chi connectivity index (χ2n) is 10.7. The van der Waals surface area contributed by atoms with Crippen LogP contribution in [0.5, 0.6) is 0 Å². The maximum atomic E-state index is 2.58. The molecule has 0 bridgehead atoms. The van der Waals surface area contributed by atoms with E-state index in [9.17, 15) is 0 Å². The lowest BCUT2D eigenvalue weighted by molar-refractivity contribution is 0.531. The van der Waals surface area contributed by atoms with E-state index in [0.717, 1.165) is 17.2 Å². The average molecular weight is 427 g/mol. The first-order valence-electron chi connectivity index (χ1n) is 11.3. The molecule has 0 unspecified atom stereocenters. The molecule has 2 aromatic rings. The molecule has 29 heavy (non-hydrogen) atoms. The zero-order chi connectivity index (χ0) is 21.2. The van der Waals surface area contributed by atoms with E-state index in [1.165, 1.54) is 19.3 Å². The van der Waals surface area contributed by atoms with Crippen molar-refractivity contribution in [1.29, 1.82) is 0 Å². The Kier molecular flexibility index (Phi) is 7.29. The summed E-state index contributed by atoms with van der Waals surface area (Å²) >= 11 is 0. The van der Waals surface area contributed by atoms with E-state index in [1.54, 1.807) is 10.6 Å². The minimum atomic E-state index is -0.336. The molecule has 1 saturated carbocycles. The molecule has 1 aliphatic rings.